The summed E-state index contributed by atoms with van der Waals surface area (Å²) in [5.41, 5.74) is 9.54. The van der Waals surface area contributed by atoms with Crippen molar-refractivity contribution in [3.05, 3.63) is 182 Å². The average molecular weight is 611 g/mol. The lowest BCUT2D eigenvalue weighted by molar-refractivity contribution is 1.18. The minimum absolute atomic E-state index is 1.14. The molecule has 9 aromatic carbocycles. The summed E-state index contributed by atoms with van der Waals surface area (Å²) in [5, 5.41) is 10.2. The molecule has 0 atom stereocenters. The van der Waals surface area contributed by atoms with Crippen LogP contribution in [-0.4, -0.2) is 4.57 Å². The summed E-state index contributed by atoms with van der Waals surface area (Å²) in [5.74, 6) is 0. The number of anilines is 3. The van der Waals surface area contributed by atoms with Crippen molar-refractivity contribution in [3.63, 3.8) is 0 Å². The Morgan fingerprint density at radius 1 is 0.354 bits per heavy atom. The number of benzene rings is 9. The Bertz CT molecular complexity index is 2670. The van der Waals surface area contributed by atoms with Gasteiger partial charge in [-0.1, -0.05) is 127 Å². The van der Waals surface area contributed by atoms with Crippen LogP contribution in [0.5, 0.6) is 0 Å². The van der Waals surface area contributed by atoms with E-state index < -0.39 is 0 Å². The zero-order valence-corrected chi connectivity index (χ0v) is 26.2. The van der Waals surface area contributed by atoms with Crippen molar-refractivity contribution >= 4 is 71.2 Å². The third kappa shape index (κ3) is 4.00. The lowest BCUT2D eigenvalue weighted by atomic mass is 9.89. The highest BCUT2D eigenvalue weighted by Crippen LogP contribution is 2.45. The van der Waals surface area contributed by atoms with E-state index >= 15 is 0 Å². The molecule has 1 heterocycles. The standard InChI is InChI=1S/C46H30N2/c1-3-11-34(12-4-1)47(35-13-5-2-6-14-35)44-30-24-33-22-28-40-37(27-21-32-23-29-41(44)46(33)45(32)40)31-19-25-36(26-20-31)48-42-17-9-7-15-38(42)39-16-8-10-18-43(39)48/h1-30H. The molecule has 10 aromatic rings. The van der Waals surface area contributed by atoms with E-state index in [0.717, 1.165) is 11.4 Å². The number of para-hydroxylation sites is 4. The molecule has 0 aliphatic rings. The minimum Gasteiger partial charge on any atom is -0.310 e. The van der Waals surface area contributed by atoms with E-state index in [9.17, 15) is 0 Å². The molecule has 48 heavy (non-hydrogen) atoms. The number of hydrogen-bond acceptors (Lipinski definition) is 1. The van der Waals surface area contributed by atoms with Crippen LogP contribution in [0.4, 0.5) is 17.1 Å². The van der Waals surface area contributed by atoms with Gasteiger partial charge in [0.25, 0.3) is 0 Å². The third-order valence-corrected chi connectivity index (χ3v) is 9.93. The molecule has 1 aromatic heterocycles. The molecule has 10 rings (SSSR count). The topological polar surface area (TPSA) is 8.17 Å². The SMILES string of the molecule is c1ccc(N(c2ccccc2)c2ccc3ccc4c(-c5ccc(-n6c7ccccc7c7ccccc76)cc5)ccc5ccc2c3c54)cc1. The molecule has 0 saturated carbocycles. The number of aromatic nitrogens is 1. The first-order valence-corrected chi connectivity index (χ1v) is 16.5. The van der Waals surface area contributed by atoms with Crippen LogP contribution < -0.4 is 4.90 Å². The Labute approximate surface area is 278 Å². The molecule has 2 heteroatoms. The molecule has 0 N–H and O–H groups in total. The first-order valence-electron chi connectivity index (χ1n) is 16.5. The number of hydrogen-bond donors (Lipinski definition) is 0. The van der Waals surface area contributed by atoms with Crippen molar-refractivity contribution in [1.29, 1.82) is 0 Å². The van der Waals surface area contributed by atoms with E-state index in [1.54, 1.807) is 0 Å². The Morgan fingerprint density at radius 2 is 0.854 bits per heavy atom. The first-order chi connectivity index (χ1) is 23.8. The van der Waals surface area contributed by atoms with Gasteiger partial charge in [-0.3, -0.25) is 0 Å². The third-order valence-electron chi connectivity index (χ3n) is 9.93. The molecule has 0 bridgehead atoms. The maximum Gasteiger partial charge on any atom is 0.0541 e. The molecule has 0 amide bonds. The van der Waals surface area contributed by atoms with Gasteiger partial charge in [-0.2, -0.15) is 0 Å². The predicted molar refractivity (Wildman–Crippen MR) is 205 cm³/mol. The van der Waals surface area contributed by atoms with Crippen LogP contribution in [0.25, 0.3) is 70.9 Å². The highest BCUT2D eigenvalue weighted by Gasteiger charge is 2.19. The molecule has 224 valence electrons. The molecule has 0 saturated heterocycles. The molecule has 0 unspecified atom stereocenters. The van der Waals surface area contributed by atoms with E-state index in [1.807, 2.05) is 0 Å². The molecule has 2 nitrogen and oxygen atoms in total. The van der Waals surface area contributed by atoms with Crippen LogP contribution >= 0.6 is 0 Å². The van der Waals surface area contributed by atoms with Gasteiger partial charge in [0, 0.05) is 33.2 Å². The van der Waals surface area contributed by atoms with E-state index in [0.29, 0.717) is 0 Å². The lowest BCUT2D eigenvalue weighted by Gasteiger charge is -2.27. The molecule has 0 aliphatic carbocycles. The van der Waals surface area contributed by atoms with Crippen molar-refractivity contribution in [1.82, 2.24) is 4.57 Å². The Kier molecular flexibility index (Phi) is 5.91. The predicted octanol–water partition coefficient (Wildman–Crippen LogP) is 12.8. The molecular weight excluding hydrogens is 581 g/mol. The van der Waals surface area contributed by atoms with Crippen molar-refractivity contribution in [2.24, 2.45) is 0 Å². The highest BCUT2D eigenvalue weighted by atomic mass is 15.1. The van der Waals surface area contributed by atoms with Crippen LogP contribution in [0.1, 0.15) is 0 Å². The van der Waals surface area contributed by atoms with Gasteiger partial charge in [0.05, 0.1) is 16.7 Å². The van der Waals surface area contributed by atoms with Crippen LogP contribution in [-0.2, 0) is 0 Å². The molecule has 0 spiro atoms. The van der Waals surface area contributed by atoms with Gasteiger partial charge >= 0.3 is 0 Å². The van der Waals surface area contributed by atoms with Crippen LogP contribution in [0.2, 0.25) is 0 Å². The number of rotatable bonds is 5. The van der Waals surface area contributed by atoms with Crippen molar-refractivity contribution in [3.8, 4) is 16.8 Å². The van der Waals surface area contributed by atoms with Gasteiger partial charge < -0.3 is 9.47 Å². The number of nitrogens with zero attached hydrogens (tertiary/aromatic N) is 2. The Balaban J connectivity index is 1.15. The van der Waals surface area contributed by atoms with Gasteiger partial charge in [-0.05, 0) is 92.7 Å². The van der Waals surface area contributed by atoms with E-state index in [-0.39, 0.29) is 0 Å². The van der Waals surface area contributed by atoms with E-state index in [4.69, 9.17) is 0 Å². The Morgan fingerprint density at radius 3 is 1.48 bits per heavy atom. The van der Waals surface area contributed by atoms with Gasteiger partial charge in [0.1, 0.15) is 0 Å². The summed E-state index contributed by atoms with van der Waals surface area (Å²) in [7, 11) is 0. The van der Waals surface area contributed by atoms with E-state index in [1.165, 1.54) is 76.6 Å². The molecule has 0 radical (unpaired) electrons. The highest BCUT2D eigenvalue weighted by molar-refractivity contribution is 6.28. The largest absolute Gasteiger partial charge is 0.310 e. The van der Waals surface area contributed by atoms with Crippen LogP contribution in [0, 0.1) is 0 Å². The summed E-state index contributed by atoms with van der Waals surface area (Å²) >= 11 is 0. The quantitative estimate of drug-likeness (QED) is 0.176. The van der Waals surface area contributed by atoms with Crippen molar-refractivity contribution < 1.29 is 0 Å². The van der Waals surface area contributed by atoms with Gasteiger partial charge in [0.15, 0.2) is 0 Å². The smallest absolute Gasteiger partial charge is 0.0541 e. The molecular formula is C46H30N2. The number of fused-ring (bicyclic) bond motifs is 3. The van der Waals surface area contributed by atoms with Crippen LogP contribution in [0.15, 0.2) is 182 Å². The second kappa shape index (κ2) is 10.6. The van der Waals surface area contributed by atoms with Crippen molar-refractivity contribution in [2.75, 3.05) is 4.90 Å². The van der Waals surface area contributed by atoms with Crippen molar-refractivity contribution in [2.45, 2.75) is 0 Å². The fourth-order valence-corrected chi connectivity index (χ4v) is 7.80. The maximum absolute atomic E-state index is 2.38. The van der Waals surface area contributed by atoms with Gasteiger partial charge in [0.2, 0.25) is 0 Å². The summed E-state index contributed by atoms with van der Waals surface area (Å²) in [6.07, 6.45) is 0. The monoisotopic (exact) mass is 610 g/mol. The fraction of sp³-hybridized carbons (Fsp3) is 0. The fourth-order valence-electron chi connectivity index (χ4n) is 7.80. The molecule has 0 fully saturated rings. The lowest BCUT2D eigenvalue weighted by Crippen LogP contribution is -2.10. The molecule has 0 aliphatic heterocycles. The zero-order valence-electron chi connectivity index (χ0n) is 26.2. The maximum atomic E-state index is 2.38. The summed E-state index contributed by atoms with van der Waals surface area (Å²) in [4.78, 5) is 2.38. The normalized spacial score (nSPS) is 11.8. The Hall–Kier alpha value is -6.38. The van der Waals surface area contributed by atoms with Gasteiger partial charge in [-0.15, -0.1) is 0 Å². The second-order valence-corrected chi connectivity index (χ2v) is 12.5. The van der Waals surface area contributed by atoms with Crippen LogP contribution in [0.3, 0.4) is 0 Å². The zero-order chi connectivity index (χ0) is 31.6. The summed E-state index contributed by atoms with van der Waals surface area (Å²) < 4.78 is 2.38. The minimum atomic E-state index is 1.14. The average Bonchev–Trinajstić information content (AvgIpc) is 3.50. The summed E-state index contributed by atoms with van der Waals surface area (Å²) in [6, 6.07) is 66.1. The first kappa shape index (κ1) is 26.8. The summed E-state index contributed by atoms with van der Waals surface area (Å²) in [6.45, 7) is 0. The second-order valence-electron chi connectivity index (χ2n) is 12.5. The van der Waals surface area contributed by atoms with E-state index in [2.05, 4.69) is 191 Å². The van der Waals surface area contributed by atoms with Gasteiger partial charge in [-0.25, -0.2) is 0 Å².